The van der Waals surface area contributed by atoms with E-state index >= 15 is 0 Å². The topological polar surface area (TPSA) is 57.8 Å². The van der Waals surface area contributed by atoms with E-state index < -0.39 is 0 Å². The molecule has 0 spiro atoms. The lowest BCUT2D eigenvalue weighted by molar-refractivity contribution is 0.102. The van der Waals surface area contributed by atoms with E-state index in [0.29, 0.717) is 11.4 Å². The van der Waals surface area contributed by atoms with E-state index in [-0.39, 0.29) is 11.3 Å². The average Bonchev–Trinajstić information content (AvgIpc) is 2.75. The second-order valence-electron chi connectivity index (χ2n) is 5.53. The van der Waals surface area contributed by atoms with Crippen LogP contribution in [0.1, 0.15) is 36.8 Å². The summed E-state index contributed by atoms with van der Waals surface area (Å²) < 4.78 is 1.68. The number of aromatic amines is 1. The van der Waals surface area contributed by atoms with Gasteiger partial charge in [0, 0.05) is 31.7 Å². The largest absolute Gasteiger partial charge is 0.305 e. The lowest BCUT2D eigenvalue weighted by Gasteiger charge is -2.14. The zero-order valence-corrected chi connectivity index (χ0v) is 14.6. The number of anilines is 1. The maximum atomic E-state index is 12.2. The van der Waals surface area contributed by atoms with Crippen LogP contribution in [0.2, 0.25) is 0 Å². The minimum absolute atomic E-state index is 0.0330. The number of carbonyl (C=O) groups is 1. The fraction of sp³-hybridized carbons (Fsp3) is 0.286. The summed E-state index contributed by atoms with van der Waals surface area (Å²) in [5.74, 6) is 0.329. The van der Waals surface area contributed by atoms with Crippen molar-refractivity contribution in [2.45, 2.75) is 26.2 Å². The van der Waals surface area contributed by atoms with Crippen molar-refractivity contribution in [1.82, 2.24) is 10.2 Å². The predicted octanol–water partition coefficient (Wildman–Crippen LogP) is 4.48. The molecule has 0 bridgehead atoms. The summed E-state index contributed by atoms with van der Waals surface area (Å²) in [7, 11) is 0. The van der Waals surface area contributed by atoms with Gasteiger partial charge in [0.15, 0.2) is 5.82 Å². The van der Waals surface area contributed by atoms with Crippen LogP contribution in [0.25, 0.3) is 0 Å². The monoisotopic (exact) mass is 399 g/mol. The van der Waals surface area contributed by atoms with Crippen molar-refractivity contribution in [3.05, 3.63) is 44.5 Å². The van der Waals surface area contributed by atoms with Crippen molar-refractivity contribution in [3.8, 4) is 0 Å². The van der Waals surface area contributed by atoms with Crippen molar-refractivity contribution in [1.29, 1.82) is 0 Å². The molecule has 0 radical (unpaired) electrons. The van der Waals surface area contributed by atoms with E-state index in [4.69, 9.17) is 0 Å². The number of halogens is 2. The normalized spacial score (nSPS) is 11.4. The molecule has 1 amide bonds. The SMILES string of the molecule is CC(C)(C)c1cc(NC(=O)c2cc(Br)cc(Br)c2)n[nH]1. The number of benzene rings is 1. The minimum atomic E-state index is -0.195. The fourth-order valence-corrected chi connectivity index (χ4v) is 2.94. The molecule has 1 heterocycles. The number of amides is 1. The Morgan fingerprint density at radius 1 is 1.15 bits per heavy atom. The number of hydrogen-bond acceptors (Lipinski definition) is 2. The molecule has 106 valence electrons. The van der Waals surface area contributed by atoms with Gasteiger partial charge in [0.2, 0.25) is 0 Å². The van der Waals surface area contributed by atoms with Crippen LogP contribution >= 0.6 is 31.9 Å². The Bertz CT molecular complexity index is 624. The van der Waals surface area contributed by atoms with Crippen LogP contribution in [-0.4, -0.2) is 16.1 Å². The Labute approximate surface area is 134 Å². The molecule has 0 saturated heterocycles. The highest BCUT2D eigenvalue weighted by Gasteiger charge is 2.17. The highest BCUT2D eigenvalue weighted by molar-refractivity contribution is 9.11. The smallest absolute Gasteiger partial charge is 0.256 e. The second-order valence-corrected chi connectivity index (χ2v) is 7.36. The third-order valence-corrected chi connectivity index (χ3v) is 3.67. The van der Waals surface area contributed by atoms with Crippen molar-refractivity contribution in [2.75, 3.05) is 5.32 Å². The van der Waals surface area contributed by atoms with Crippen molar-refractivity contribution >= 4 is 43.6 Å². The first-order chi connectivity index (χ1) is 9.25. The molecule has 2 aromatic rings. The van der Waals surface area contributed by atoms with E-state index in [0.717, 1.165) is 14.6 Å². The zero-order chi connectivity index (χ0) is 14.9. The van der Waals surface area contributed by atoms with Gasteiger partial charge in [-0.25, -0.2) is 0 Å². The van der Waals surface area contributed by atoms with Gasteiger partial charge in [0.25, 0.3) is 5.91 Å². The first kappa shape index (κ1) is 15.3. The molecule has 0 unspecified atom stereocenters. The molecule has 2 N–H and O–H groups in total. The van der Waals surface area contributed by atoms with Gasteiger partial charge in [-0.2, -0.15) is 5.10 Å². The molecule has 1 aromatic heterocycles. The average molecular weight is 401 g/mol. The quantitative estimate of drug-likeness (QED) is 0.780. The first-order valence-electron chi connectivity index (χ1n) is 6.09. The summed E-state index contributed by atoms with van der Waals surface area (Å²) in [5.41, 5.74) is 1.50. The molecular weight excluding hydrogens is 386 g/mol. The molecule has 6 heteroatoms. The Morgan fingerprint density at radius 2 is 1.75 bits per heavy atom. The molecule has 20 heavy (non-hydrogen) atoms. The molecule has 2 rings (SSSR count). The lowest BCUT2D eigenvalue weighted by Crippen LogP contribution is -2.12. The van der Waals surface area contributed by atoms with Gasteiger partial charge in [-0.05, 0) is 18.2 Å². The second kappa shape index (κ2) is 5.69. The van der Waals surface area contributed by atoms with Gasteiger partial charge in [-0.15, -0.1) is 0 Å². The van der Waals surface area contributed by atoms with Gasteiger partial charge in [0.05, 0.1) is 0 Å². The Morgan fingerprint density at radius 3 is 2.25 bits per heavy atom. The Hall–Kier alpha value is -1.14. The summed E-state index contributed by atoms with van der Waals surface area (Å²) >= 11 is 6.73. The van der Waals surface area contributed by atoms with E-state index in [1.165, 1.54) is 0 Å². The zero-order valence-electron chi connectivity index (χ0n) is 11.4. The summed E-state index contributed by atoms with van der Waals surface area (Å²) in [5, 5.41) is 9.84. The summed E-state index contributed by atoms with van der Waals surface area (Å²) in [6.45, 7) is 6.24. The van der Waals surface area contributed by atoms with Crippen LogP contribution in [0.3, 0.4) is 0 Å². The maximum absolute atomic E-state index is 12.2. The fourth-order valence-electron chi connectivity index (χ4n) is 1.64. The van der Waals surface area contributed by atoms with Gasteiger partial charge in [-0.1, -0.05) is 52.6 Å². The number of nitrogens with zero attached hydrogens (tertiary/aromatic N) is 1. The first-order valence-corrected chi connectivity index (χ1v) is 7.67. The van der Waals surface area contributed by atoms with Gasteiger partial charge >= 0.3 is 0 Å². The minimum Gasteiger partial charge on any atom is -0.305 e. The highest BCUT2D eigenvalue weighted by atomic mass is 79.9. The number of nitrogens with one attached hydrogen (secondary N) is 2. The predicted molar refractivity (Wildman–Crippen MR) is 87.1 cm³/mol. The summed E-state index contributed by atoms with van der Waals surface area (Å²) in [6.07, 6.45) is 0. The summed E-state index contributed by atoms with van der Waals surface area (Å²) in [4.78, 5) is 12.2. The van der Waals surface area contributed by atoms with Crippen molar-refractivity contribution in [2.24, 2.45) is 0 Å². The highest BCUT2D eigenvalue weighted by Crippen LogP contribution is 2.23. The molecule has 0 aliphatic heterocycles. The van der Waals surface area contributed by atoms with Crippen molar-refractivity contribution in [3.63, 3.8) is 0 Å². The number of rotatable bonds is 2. The molecule has 0 aliphatic carbocycles. The van der Waals surface area contributed by atoms with Gasteiger partial charge in [-0.3, -0.25) is 9.89 Å². The van der Waals surface area contributed by atoms with E-state index in [9.17, 15) is 4.79 Å². The van der Waals surface area contributed by atoms with E-state index in [1.807, 2.05) is 12.1 Å². The van der Waals surface area contributed by atoms with Gasteiger partial charge < -0.3 is 5.32 Å². The van der Waals surface area contributed by atoms with Crippen LogP contribution in [0, 0.1) is 0 Å². The van der Waals surface area contributed by atoms with E-state index in [1.54, 1.807) is 12.1 Å². The van der Waals surface area contributed by atoms with Crippen LogP contribution in [0.5, 0.6) is 0 Å². The third kappa shape index (κ3) is 3.70. The van der Waals surface area contributed by atoms with E-state index in [2.05, 4.69) is 68.1 Å². The molecular formula is C14H15Br2N3O. The van der Waals surface area contributed by atoms with Crippen LogP contribution in [0.4, 0.5) is 5.82 Å². The number of carbonyl (C=O) groups excluding carboxylic acids is 1. The number of aromatic nitrogens is 2. The molecule has 4 nitrogen and oxygen atoms in total. The molecule has 0 atom stereocenters. The molecule has 0 fully saturated rings. The Balaban J connectivity index is 2.17. The van der Waals surface area contributed by atoms with Crippen molar-refractivity contribution < 1.29 is 4.79 Å². The molecule has 1 aromatic carbocycles. The van der Waals surface area contributed by atoms with Crippen LogP contribution < -0.4 is 5.32 Å². The van der Waals surface area contributed by atoms with Crippen LogP contribution in [0.15, 0.2) is 33.2 Å². The molecule has 0 saturated carbocycles. The standard InChI is InChI=1S/C14H15Br2N3O/c1-14(2,3)11-7-12(19-18-11)17-13(20)8-4-9(15)6-10(16)5-8/h4-7H,1-3H3,(H2,17,18,19,20). The number of H-pyrrole nitrogens is 1. The van der Waals surface area contributed by atoms with Crippen LogP contribution in [-0.2, 0) is 5.41 Å². The summed E-state index contributed by atoms with van der Waals surface area (Å²) in [6, 6.07) is 7.25. The maximum Gasteiger partial charge on any atom is 0.256 e. The Kier molecular flexibility index (Phi) is 4.34. The van der Waals surface area contributed by atoms with Gasteiger partial charge in [0.1, 0.15) is 0 Å². The third-order valence-electron chi connectivity index (χ3n) is 2.75. The lowest BCUT2D eigenvalue weighted by atomic mass is 9.92. The molecule has 0 aliphatic rings. The number of hydrogen-bond donors (Lipinski definition) is 2.